The van der Waals surface area contributed by atoms with E-state index in [1.165, 1.54) is 6.20 Å². The minimum Gasteiger partial charge on any atom is -0.365 e. The summed E-state index contributed by atoms with van der Waals surface area (Å²) in [5.74, 6) is -0.0461. The van der Waals surface area contributed by atoms with Gasteiger partial charge in [-0.3, -0.25) is 4.79 Å². The number of pyridine rings is 2. The van der Waals surface area contributed by atoms with Crippen LogP contribution >= 0.6 is 11.6 Å². The number of hydrogen-bond acceptors (Lipinski definition) is 5. The fourth-order valence-corrected chi connectivity index (χ4v) is 4.09. The lowest BCUT2D eigenvalue weighted by Crippen LogP contribution is -2.32. The van der Waals surface area contributed by atoms with E-state index in [1.807, 2.05) is 23.2 Å². The van der Waals surface area contributed by atoms with Crippen LogP contribution in [0.5, 0.6) is 0 Å². The second kappa shape index (κ2) is 8.04. The quantitative estimate of drug-likeness (QED) is 0.476. The average molecular weight is 473 g/mol. The molecular formula is C22H16ClF3N6O. The van der Waals surface area contributed by atoms with Gasteiger partial charge in [-0.05, 0) is 36.3 Å². The number of aromatic amines is 1. The molecule has 1 N–H and O–H groups in total. The van der Waals surface area contributed by atoms with Gasteiger partial charge in [0.05, 0.1) is 17.4 Å². The van der Waals surface area contributed by atoms with E-state index in [0.29, 0.717) is 25.0 Å². The third-order valence-corrected chi connectivity index (χ3v) is 5.89. The Balaban J connectivity index is 1.40. The van der Waals surface area contributed by atoms with Gasteiger partial charge in [0, 0.05) is 42.6 Å². The van der Waals surface area contributed by atoms with E-state index in [0.717, 1.165) is 45.4 Å². The van der Waals surface area contributed by atoms with Gasteiger partial charge < -0.3 is 9.88 Å². The van der Waals surface area contributed by atoms with Gasteiger partial charge in [-0.2, -0.15) is 23.0 Å². The summed E-state index contributed by atoms with van der Waals surface area (Å²) in [6.45, 7) is 1.13. The maximum Gasteiger partial charge on any atom is 0.417 e. The zero-order chi connectivity index (χ0) is 23.2. The summed E-state index contributed by atoms with van der Waals surface area (Å²) in [4.78, 5) is 25.9. The zero-order valence-electron chi connectivity index (χ0n) is 17.0. The summed E-state index contributed by atoms with van der Waals surface area (Å²) < 4.78 is 39.2. The molecule has 11 heteroatoms. The molecule has 33 heavy (non-hydrogen) atoms. The van der Waals surface area contributed by atoms with Crippen molar-refractivity contribution in [1.82, 2.24) is 24.7 Å². The van der Waals surface area contributed by atoms with E-state index < -0.39 is 17.3 Å². The summed E-state index contributed by atoms with van der Waals surface area (Å²) in [7, 11) is 0. The molecule has 1 aliphatic heterocycles. The minimum atomic E-state index is -4.52. The number of fused-ring (bicyclic) bond motifs is 1. The van der Waals surface area contributed by atoms with Gasteiger partial charge in [-0.15, -0.1) is 0 Å². The summed E-state index contributed by atoms with van der Waals surface area (Å²) in [5, 5.41) is 5.06. The molecule has 1 aliphatic rings. The molecule has 7 nitrogen and oxygen atoms in total. The van der Waals surface area contributed by atoms with Gasteiger partial charge in [0.15, 0.2) is 5.82 Å². The monoisotopic (exact) mass is 472 g/mol. The van der Waals surface area contributed by atoms with Crippen molar-refractivity contribution in [2.45, 2.75) is 12.6 Å². The molecule has 5 heterocycles. The highest BCUT2D eigenvalue weighted by molar-refractivity contribution is 6.33. The van der Waals surface area contributed by atoms with Crippen LogP contribution in [0.4, 0.5) is 18.9 Å². The Kier molecular flexibility index (Phi) is 5.16. The normalized spacial score (nSPS) is 14.5. The second-order valence-corrected chi connectivity index (χ2v) is 7.87. The van der Waals surface area contributed by atoms with Crippen LogP contribution in [0.2, 0.25) is 5.02 Å². The lowest BCUT2D eigenvalue weighted by Gasteiger charge is -2.28. The van der Waals surface area contributed by atoms with Crippen LogP contribution in [-0.4, -0.2) is 37.8 Å². The van der Waals surface area contributed by atoms with Crippen molar-refractivity contribution in [3.8, 4) is 5.82 Å². The zero-order valence-corrected chi connectivity index (χ0v) is 17.7. The Hall–Kier alpha value is -3.66. The molecule has 0 aromatic carbocycles. The predicted octanol–water partition coefficient (Wildman–Crippen LogP) is 4.47. The van der Waals surface area contributed by atoms with Crippen molar-refractivity contribution in [3.63, 3.8) is 0 Å². The topological polar surface area (TPSA) is 79.7 Å². The number of H-pyrrole nitrogens is 1. The van der Waals surface area contributed by atoms with Gasteiger partial charge in [0.25, 0.3) is 5.56 Å². The first-order valence-corrected chi connectivity index (χ1v) is 10.4. The minimum absolute atomic E-state index is 0.0461. The van der Waals surface area contributed by atoms with Crippen LogP contribution in [0, 0.1) is 0 Å². The second-order valence-electron chi connectivity index (χ2n) is 7.49. The highest BCUT2D eigenvalue weighted by Crippen LogP contribution is 2.32. The molecule has 0 unspecified atom stereocenters. The number of anilines is 1. The van der Waals surface area contributed by atoms with E-state index in [9.17, 15) is 18.0 Å². The molecule has 0 spiro atoms. The van der Waals surface area contributed by atoms with E-state index in [2.05, 4.69) is 26.1 Å². The number of hydrogen-bond donors (Lipinski definition) is 1. The highest BCUT2D eigenvalue weighted by atomic mass is 35.5. The summed E-state index contributed by atoms with van der Waals surface area (Å²) in [5.41, 5.74) is 1.97. The maximum atomic E-state index is 12.8. The number of rotatable bonds is 3. The Labute approximate surface area is 190 Å². The molecule has 0 saturated heterocycles. The fourth-order valence-electron chi connectivity index (χ4n) is 3.84. The first-order valence-electron chi connectivity index (χ1n) is 10.0. The maximum absolute atomic E-state index is 12.8. The Morgan fingerprint density at radius 3 is 2.67 bits per heavy atom. The van der Waals surface area contributed by atoms with Crippen molar-refractivity contribution in [3.05, 3.63) is 81.6 Å². The van der Waals surface area contributed by atoms with Crippen LogP contribution in [0.1, 0.15) is 17.5 Å². The third kappa shape index (κ3) is 3.86. The Morgan fingerprint density at radius 2 is 1.97 bits per heavy atom. The molecule has 0 saturated carbocycles. The molecule has 0 aliphatic carbocycles. The van der Waals surface area contributed by atoms with Crippen molar-refractivity contribution >= 4 is 33.9 Å². The smallest absolute Gasteiger partial charge is 0.365 e. The van der Waals surface area contributed by atoms with Crippen molar-refractivity contribution in [2.75, 3.05) is 18.0 Å². The first kappa shape index (κ1) is 21.2. The first-order chi connectivity index (χ1) is 15.8. The molecule has 168 valence electrons. The van der Waals surface area contributed by atoms with Gasteiger partial charge >= 0.3 is 6.18 Å². The molecule has 0 amide bonds. The third-order valence-electron chi connectivity index (χ3n) is 5.54. The van der Waals surface area contributed by atoms with Gasteiger partial charge in [0.1, 0.15) is 10.7 Å². The number of aromatic nitrogens is 5. The number of nitrogens with one attached hydrogen (secondary N) is 1. The molecular weight excluding hydrogens is 457 g/mol. The van der Waals surface area contributed by atoms with E-state index >= 15 is 0 Å². The average Bonchev–Trinajstić information content (AvgIpc) is 3.25. The molecule has 4 aromatic heterocycles. The molecule has 5 rings (SSSR count). The number of alkyl halides is 3. The van der Waals surface area contributed by atoms with Crippen LogP contribution in [0.25, 0.3) is 22.4 Å². The van der Waals surface area contributed by atoms with Crippen LogP contribution in [0.15, 0.2) is 59.9 Å². The van der Waals surface area contributed by atoms with Crippen molar-refractivity contribution in [2.24, 2.45) is 0 Å². The standard InChI is InChI=1S/C22H16ClF3N6O/c23-19-17(12-30-32(21(19)33)18-4-3-14(10-28-18)22(24,25)26)31-8-5-13(6-9-31)16-11-29-20-15(16)2-1-7-27-20/h1-5,7,10-12H,6,8-9H2,(H,27,29). The van der Waals surface area contributed by atoms with Gasteiger partial charge in [-0.25, -0.2) is 9.97 Å². The molecule has 4 aromatic rings. The molecule has 0 bridgehead atoms. The van der Waals surface area contributed by atoms with Crippen molar-refractivity contribution in [1.29, 1.82) is 0 Å². The SMILES string of the molecule is O=c1c(Cl)c(N2CC=C(c3c[nH]c4ncccc34)CC2)cnn1-c1ccc(C(F)(F)F)cn1. The Bertz CT molecular complexity index is 1420. The van der Waals surface area contributed by atoms with Crippen molar-refractivity contribution < 1.29 is 13.2 Å². The lowest BCUT2D eigenvalue weighted by molar-refractivity contribution is -0.137. The van der Waals surface area contributed by atoms with Crippen LogP contribution in [0.3, 0.4) is 0 Å². The molecule has 0 fully saturated rings. The predicted molar refractivity (Wildman–Crippen MR) is 119 cm³/mol. The molecule has 0 radical (unpaired) electrons. The van der Waals surface area contributed by atoms with E-state index in [4.69, 9.17) is 11.6 Å². The summed E-state index contributed by atoms with van der Waals surface area (Å²) >= 11 is 6.34. The van der Waals surface area contributed by atoms with Crippen LogP contribution < -0.4 is 10.5 Å². The Morgan fingerprint density at radius 1 is 1.12 bits per heavy atom. The van der Waals surface area contributed by atoms with Gasteiger partial charge in [-0.1, -0.05) is 17.7 Å². The highest BCUT2D eigenvalue weighted by Gasteiger charge is 2.31. The largest absolute Gasteiger partial charge is 0.417 e. The molecule has 0 atom stereocenters. The number of nitrogens with zero attached hydrogens (tertiary/aromatic N) is 5. The number of halogens is 4. The lowest BCUT2D eigenvalue weighted by atomic mass is 9.99. The fraction of sp³-hybridized carbons (Fsp3) is 0.182. The van der Waals surface area contributed by atoms with E-state index in [1.54, 1.807) is 6.20 Å². The van der Waals surface area contributed by atoms with Gasteiger partial charge in [0.2, 0.25) is 0 Å². The van der Waals surface area contributed by atoms with E-state index in [-0.39, 0.29) is 10.8 Å². The summed E-state index contributed by atoms with van der Waals surface area (Å²) in [6.07, 6.45) is 4.03. The summed E-state index contributed by atoms with van der Waals surface area (Å²) in [6, 6.07) is 5.83. The van der Waals surface area contributed by atoms with Crippen LogP contribution in [-0.2, 0) is 6.18 Å².